The van der Waals surface area contributed by atoms with Crippen LogP contribution in [-0.2, 0) is 6.54 Å². The molecule has 2 N–H and O–H groups in total. The summed E-state index contributed by atoms with van der Waals surface area (Å²) in [5, 5.41) is 7.79. The van der Waals surface area contributed by atoms with Gasteiger partial charge in [-0.1, -0.05) is 30.3 Å². The van der Waals surface area contributed by atoms with E-state index in [-0.39, 0.29) is 5.56 Å². The second kappa shape index (κ2) is 6.68. The molecule has 2 aromatic carbocycles. The van der Waals surface area contributed by atoms with E-state index in [1.165, 1.54) is 0 Å². The van der Waals surface area contributed by atoms with Gasteiger partial charge < -0.3 is 10.3 Å². The van der Waals surface area contributed by atoms with Crippen molar-refractivity contribution in [2.75, 3.05) is 0 Å². The van der Waals surface area contributed by atoms with Gasteiger partial charge in [0.05, 0.1) is 5.69 Å². The van der Waals surface area contributed by atoms with Crippen LogP contribution >= 0.6 is 0 Å². The number of aromatic amines is 1. The lowest BCUT2D eigenvalue weighted by Crippen LogP contribution is -2.29. The molecule has 0 aliphatic carbocycles. The van der Waals surface area contributed by atoms with Crippen molar-refractivity contribution in [2.24, 2.45) is 0 Å². The van der Waals surface area contributed by atoms with Crippen molar-refractivity contribution in [3.63, 3.8) is 0 Å². The SMILES string of the molecule is O=C(NCc1ccc(-n2cccn2)cc1)c1cc2ccccc2[nH]c1=O. The van der Waals surface area contributed by atoms with Crippen LogP contribution in [0.15, 0.2) is 77.9 Å². The molecule has 26 heavy (non-hydrogen) atoms. The Balaban J connectivity index is 1.49. The molecule has 0 saturated heterocycles. The standard InChI is InChI=1S/C20H16N4O2/c25-19(17-12-15-4-1-2-5-18(15)23-20(17)26)21-13-14-6-8-16(9-7-14)24-11-3-10-22-24/h1-12H,13H2,(H,21,25)(H,23,26). The summed E-state index contributed by atoms with van der Waals surface area (Å²) in [7, 11) is 0. The summed E-state index contributed by atoms with van der Waals surface area (Å²) in [6.07, 6.45) is 3.58. The smallest absolute Gasteiger partial charge is 0.261 e. The molecule has 0 bridgehead atoms. The van der Waals surface area contributed by atoms with E-state index in [0.29, 0.717) is 12.1 Å². The van der Waals surface area contributed by atoms with Crippen LogP contribution in [0.25, 0.3) is 16.6 Å². The normalized spacial score (nSPS) is 10.8. The minimum absolute atomic E-state index is 0.108. The summed E-state index contributed by atoms with van der Waals surface area (Å²) in [5.74, 6) is -0.395. The predicted molar refractivity (Wildman–Crippen MR) is 99.3 cm³/mol. The zero-order valence-corrected chi connectivity index (χ0v) is 13.8. The van der Waals surface area contributed by atoms with Gasteiger partial charge in [0.2, 0.25) is 0 Å². The van der Waals surface area contributed by atoms with Gasteiger partial charge in [-0.25, -0.2) is 4.68 Å². The number of nitrogens with one attached hydrogen (secondary N) is 2. The molecule has 2 aromatic heterocycles. The van der Waals surface area contributed by atoms with Crippen molar-refractivity contribution in [3.8, 4) is 5.69 Å². The van der Waals surface area contributed by atoms with Crippen molar-refractivity contribution in [1.29, 1.82) is 0 Å². The van der Waals surface area contributed by atoms with E-state index in [9.17, 15) is 9.59 Å². The number of carbonyl (C=O) groups excluding carboxylic acids is 1. The Kier molecular flexibility index (Phi) is 4.07. The number of nitrogens with zero attached hydrogens (tertiary/aromatic N) is 2. The van der Waals surface area contributed by atoms with Gasteiger partial charge in [0, 0.05) is 24.5 Å². The maximum Gasteiger partial charge on any atom is 0.261 e. The van der Waals surface area contributed by atoms with Gasteiger partial charge in [0.1, 0.15) is 5.56 Å². The maximum atomic E-state index is 12.4. The zero-order chi connectivity index (χ0) is 17.9. The molecule has 4 aromatic rings. The highest BCUT2D eigenvalue weighted by molar-refractivity contribution is 5.97. The lowest BCUT2D eigenvalue weighted by molar-refractivity contribution is 0.0949. The van der Waals surface area contributed by atoms with Crippen LogP contribution in [0.4, 0.5) is 0 Å². The Morgan fingerprint density at radius 1 is 1.08 bits per heavy atom. The first-order chi connectivity index (χ1) is 12.7. The highest BCUT2D eigenvalue weighted by Gasteiger charge is 2.11. The van der Waals surface area contributed by atoms with Crippen LogP contribution in [-0.4, -0.2) is 20.7 Å². The van der Waals surface area contributed by atoms with E-state index in [1.54, 1.807) is 23.0 Å². The summed E-state index contributed by atoms with van der Waals surface area (Å²) in [5.41, 5.74) is 2.30. The lowest BCUT2D eigenvalue weighted by atomic mass is 10.1. The number of para-hydroxylation sites is 1. The minimum atomic E-state index is -0.395. The molecular weight excluding hydrogens is 328 g/mol. The minimum Gasteiger partial charge on any atom is -0.348 e. The number of amides is 1. The number of fused-ring (bicyclic) bond motifs is 1. The molecule has 1 amide bonds. The molecule has 0 saturated carbocycles. The highest BCUT2D eigenvalue weighted by Crippen LogP contribution is 2.11. The van der Waals surface area contributed by atoms with Gasteiger partial charge in [0.25, 0.3) is 11.5 Å². The first-order valence-electron chi connectivity index (χ1n) is 8.20. The summed E-state index contributed by atoms with van der Waals surface area (Å²) < 4.78 is 1.76. The third kappa shape index (κ3) is 3.12. The number of carbonyl (C=O) groups is 1. The topological polar surface area (TPSA) is 79.8 Å². The quantitative estimate of drug-likeness (QED) is 0.597. The van der Waals surface area contributed by atoms with Crippen LogP contribution in [0.3, 0.4) is 0 Å². The van der Waals surface area contributed by atoms with Crippen molar-refractivity contribution in [1.82, 2.24) is 20.1 Å². The molecular formula is C20H16N4O2. The number of rotatable bonds is 4. The molecule has 0 atom stereocenters. The summed E-state index contributed by atoms with van der Waals surface area (Å²) in [4.78, 5) is 27.3. The van der Waals surface area contributed by atoms with Crippen LogP contribution in [0.1, 0.15) is 15.9 Å². The van der Waals surface area contributed by atoms with E-state index < -0.39 is 11.5 Å². The fourth-order valence-electron chi connectivity index (χ4n) is 2.78. The van der Waals surface area contributed by atoms with Gasteiger partial charge in [0.15, 0.2) is 0 Å². The third-order valence-corrected chi connectivity index (χ3v) is 4.16. The van der Waals surface area contributed by atoms with E-state index in [4.69, 9.17) is 0 Å². The first kappa shape index (κ1) is 15.8. The molecule has 0 aliphatic heterocycles. The Labute approximate surface area is 149 Å². The Morgan fingerprint density at radius 3 is 2.65 bits per heavy atom. The van der Waals surface area contributed by atoms with Crippen molar-refractivity contribution < 1.29 is 4.79 Å². The number of aromatic nitrogens is 3. The number of pyridine rings is 1. The average Bonchev–Trinajstić information content (AvgIpc) is 3.21. The molecule has 0 radical (unpaired) electrons. The van der Waals surface area contributed by atoms with Gasteiger partial charge in [-0.3, -0.25) is 9.59 Å². The second-order valence-electron chi connectivity index (χ2n) is 5.90. The molecule has 2 heterocycles. The largest absolute Gasteiger partial charge is 0.348 e. The van der Waals surface area contributed by atoms with Gasteiger partial charge >= 0.3 is 0 Å². The van der Waals surface area contributed by atoms with Gasteiger partial charge in [-0.2, -0.15) is 5.10 Å². The van der Waals surface area contributed by atoms with E-state index in [0.717, 1.165) is 16.6 Å². The van der Waals surface area contributed by atoms with E-state index >= 15 is 0 Å². The fourth-order valence-corrected chi connectivity index (χ4v) is 2.78. The summed E-state index contributed by atoms with van der Waals surface area (Å²) >= 11 is 0. The zero-order valence-electron chi connectivity index (χ0n) is 13.8. The number of hydrogen-bond donors (Lipinski definition) is 2. The monoisotopic (exact) mass is 344 g/mol. The van der Waals surface area contributed by atoms with Crippen molar-refractivity contribution >= 4 is 16.8 Å². The number of hydrogen-bond acceptors (Lipinski definition) is 3. The lowest BCUT2D eigenvalue weighted by Gasteiger charge is -2.07. The van der Waals surface area contributed by atoms with E-state index in [1.807, 2.05) is 54.7 Å². The molecule has 6 nitrogen and oxygen atoms in total. The van der Waals surface area contributed by atoms with E-state index in [2.05, 4.69) is 15.4 Å². The van der Waals surface area contributed by atoms with Crippen LogP contribution in [0, 0.1) is 0 Å². The molecule has 128 valence electrons. The van der Waals surface area contributed by atoms with Crippen molar-refractivity contribution in [2.45, 2.75) is 6.54 Å². The van der Waals surface area contributed by atoms with Crippen LogP contribution in [0.2, 0.25) is 0 Å². The molecule has 0 aliphatic rings. The predicted octanol–water partition coefficient (Wildman–Crippen LogP) is 2.64. The van der Waals surface area contributed by atoms with Gasteiger partial charge in [-0.15, -0.1) is 0 Å². The molecule has 0 spiro atoms. The molecule has 0 fully saturated rings. The molecule has 0 unspecified atom stereocenters. The third-order valence-electron chi connectivity index (χ3n) is 4.16. The summed E-state index contributed by atoms with van der Waals surface area (Å²) in [6.45, 7) is 0.338. The maximum absolute atomic E-state index is 12.4. The first-order valence-corrected chi connectivity index (χ1v) is 8.20. The Morgan fingerprint density at radius 2 is 1.88 bits per heavy atom. The highest BCUT2D eigenvalue weighted by atomic mass is 16.2. The molecule has 4 rings (SSSR count). The van der Waals surface area contributed by atoms with Crippen LogP contribution < -0.4 is 10.9 Å². The second-order valence-corrected chi connectivity index (χ2v) is 5.90. The van der Waals surface area contributed by atoms with Crippen molar-refractivity contribution in [3.05, 3.63) is 94.5 Å². The number of H-pyrrole nitrogens is 1. The summed E-state index contributed by atoms with van der Waals surface area (Å²) in [6, 6.07) is 18.5. The number of benzene rings is 2. The Hall–Kier alpha value is -3.67. The van der Waals surface area contributed by atoms with Crippen LogP contribution in [0.5, 0.6) is 0 Å². The Bertz CT molecular complexity index is 1110. The molecule has 6 heteroatoms. The fraction of sp³-hybridized carbons (Fsp3) is 0.0500. The average molecular weight is 344 g/mol. The van der Waals surface area contributed by atoms with Gasteiger partial charge in [-0.05, 0) is 41.3 Å².